The van der Waals surface area contributed by atoms with Crippen LogP contribution in [0.2, 0.25) is 0 Å². The first-order valence-corrected chi connectivity index (χ1v) is 3.76. The molecule has 0 aliphatic heterocycles. The van der Waals surface area contributed by atoms with Crippen LogP contribution in [-0.4, -0.2) is 17.4 Å². The zero-order chi connectivity index (χ0) is 8.85. The van der Waals surface area contributed by atoms with Crippen molar-refractivity contribution in [2.45, 2.75) is 26.7 Å². The molecule has 0 radical (unpaired) electrons. The number of hydrogen-bond donors (Lipinski definition) is 1. The maximum Gasteiger partial charge on any atom is 0.306 e. The van der Waals surface area contributed by atoms with Gasteiger partial charge in [-0.15, -0.1) is 0 Å². The van der Waals surface area contributed by atoms with Crippen molar-refractivity contribution in [2.24, 2.45) is 11.8 Å². The van der Waals surface area contributed by atoms with Crippen molar-refractivity contribution in [3.63, 3.8) is 0 Å². The van der Waals surface area contributed by atoms with Gasteiger partial charge in [-0.1, -0.05) is 13.8 Å². The summed E-state index contributed by atoms with van der Waals surface area (Å²) in [6.07, 6.45) is 2.10. The highest BCUT2D eigenvalue weighted by Gasteiger charge is 2.11. The van der Waals surface area contributed by atoms with Crippen molar-refractivity contribution in [1.82, 2.24) is 0 Å². The summed E-state index contributed by atoms with van der Waals surface area (Å²) in [5.74, 6) is -1.14. The molecule has 64 valence electrons. The number of carbonyl (C=O) groups excluding carboxylic acids is 1. The molecule has 3 heteroatoms. The molecule has 0 aliphatic rings. The summed E-state index contributed by atoms with van der Waals surface area (Å²) >= 11 is 0. The second-order valence-electron chi connectivity index (χ2n) is 2.93. The van der Waals surface area contributed by atoms with Gasteiger partial charge in [-0.05, 0) is 12.8 Å². The Morgan fingerprint density at radius 1 is 1.45 bits per heavy atom. The fourth-order valence-electron chi connectivity index (χ4n) is 0.704. The summed E-state index contributed by atoms with van der Waals surface area (Å²) in [6.45, 7) is 3.45. The van der Waals surface area contributed by atoms with E-state index in [1.807, 2.05) is 0 Å². The Bertz CT molecular complexity index is 142. The maximum absolute atomic E-state index is 10.3. The third-order valence-corrected chi connectivity index (χ3v) is 1.71. The Morgan fingerprint density at radius 3 is 2.36 bits per heavy atom. The van der Waals surface area contributed by atoms with E-state index in [2.05, 4.69) is 0 Å². The summed E-state index contributed by atoms with van der Waals surface area (Å²) < 4.78 is 0. The van der Waals surface area contributed by atoms with Crippen molar-refractivity contribution in [3.8, 4) is 0 Å². The predicted octanol–water partition coefficient (Wildman–Crippen LogP) is 1.32. The van der Waals surface area contributed by atoms with E-state index in [9.17, 15) is 9.59 Å². The highest BCUT2D eigenvalue weighted by Crippen LogP contribution is 2.10. The van der Waals surface area contributed by atoms with Gasteiger partial charge in [-0.2, -0.15) is 0 Å². The van der Waals surface area contributed by atoms with Crippen LogP contribution in [0.3, 0.4) is 0 Å². The topological polar surface area (TPSA) is 54.4 Å². The average Bonchev–Trinajstić information content (AvgIpc) is 1.99. The second kappa shape index (κ2) is 4.88. The third-order valence-electron chi connectivity index (χ3n) is 1.71. The van der Waals surface area contributed by atoms with Gasteiger partial charge >= 0.3 is 5.97 Å². The maximum atomic E-state index is 10.3. The minimum atomic E-state index is -0.789. The van der Waals surface area contributed by atoms with Crippen LogP contribution in [0.5, 0.6) is 0 Å². The van der Waals surface area contributed by atoms with Crippen molar-refractivity contribution < 1.29 is 14.7 Å². The Balaban J connectivity index is 3.53. The summed E-state index contributed by atoms with van der Waals surface area (Å²) in [6, 6.07) is 0. The Labute approximate surface area is 66.4 Å². The van der Waals surface area contributed by atoms with Crippen LogP contribution in [-0.2, 0) is 9.59 Å². The average molecular weight is 158 g/mol. The van der Waals surface area contributed by atoms with Crippen LogP contribution in [0.25, 0.3) is 0 Å². The lowest BCUT2D eigenvalue weighted by molar-refractivity contribution is -0.141. The molecule has 0 bridgehead atoms. The summed E-state index contributed by atoms with van der Waals surface area (Å²) in [7, 11) is 0. The van der Waals surface area contributed by atoms with Gasteiger partial charge in [0.05, 0.1) is 5.92 Å². The van der Waals surface area contributed by atoms with Crippen LogP contribution in [0, 0.1) is 11.8 Å². The lowest BCUT2D eigenvalue weighted by Gasteiger charge is -2.06. The third kappa shape index (κ3) is 4.53. The number of rotatable bonds is 5. The first-order chi connectivity index (χ1) is 5.07. The highest BCUT2D eigenvalue weighted by atomic mass is 16.4. The summed E-state index contributed by atoms with van der Waals surface area (Å²) in [5.41, 5.74) is 0. The molecule has 0 aromatic rings. The van der Waals surface area contributed by atoms with Crippen LogP contribution in [0.15, 0.2) is 0 Å². The minimum Gasteiger partial charge on any atom is -0.481 e. The van der Waals surface area contributed by atoms with E-state index in [4.69, 9.17) is 5.11 Å². The SMILES string of the molecule is CC(C=O)CCC(C)C(=O)O. The molecule has 0 saturated carbocycles. The number of aliphatic carboxylic acids is 1. The van der Waals surface area contributed by atoms with E-state index < -0.39 is 5.97 Å². The van der Waals surface area contributed by atoms with Gasteiger partial charge < -0.3 is 9.90 Å². The monoisotopic (exact) mass is 158 g/mol. The van der Waals surface area contributed by atoms with Crippen molar-refractivity contribution in [1.29, 1.82) is 0 Å². The molecule has 0 spiro atoms. The molecule has 1 N–H and O–H groups in total. The van der Waals surface area contributed by atoms with Crippen LogP contribution in [0.1, 0.15) is 26.7 Å². The molecule has 11 heavy (non-hydrogen) atoms. The van der Waals surface area contributed by atoms with Gasteiger partial charge in [0.15, 0.2) is 0 Å². The molecule has 0 aromatic carbocycles. The Hall–Kier alpha value is -0.860. The lowest BCUT2D eigenvalue weighted by atomic mass is 9.99. The van der Waals surface area contributed by atoms with Crippen molar-refractivity contribution >= 4 is 12.3 Å². The quantitative estimate of drug-likeness (QED) is 0.614. The van der Waals surface area contributed by atoms with E-state index in [0.29, 0.717) is 12.8 Å². The number of aldehydes is 1. The fourth-order valence-corrected chi connectivity index (χ4v) is 0.704. The molecule has 0 fully saturated rings. The number of hydrogen-bond acceptors (Lipinski definition) is 2. The molecule has 0 aliphatic carbocycles. The predicted molar refractivity (Wildman–Crippen MR) is 41.3 cm³/mol. The first-order valence-electron chi connectivity index (χ1n) is 3.76. The Kier molecular flexibility index (Phi) is 4.50. The summed E-state index contributed by atoms with van der Waals surface area (Å²) in [4.78, 5) is 20.5. The fraction of sp³-hybridized carbons (Fsp3) is 0.750. The molecular weight excluding hydrogens is 144 g/mol. The van der Waals surface area contributed by atoms with Gasteiger partial charge in [0.2, 0.25) is 0 Å². The number of carboxylic acid groups (broad SMARTS) is 1. The van der Waals surface area contributed by atoms with E-state index in [1.54, 1.807) is 13.8 Å². The molecular formula is C8H14O3. The summed E-state index contributed by atoms with van der Waals surface area (Å²) in [5, 5.41) is 8.48. The molecule has 0 amide bonds. The second-order valence-corrected chi connectivity index (χ2v) is 2.93. The smallest absolute Gasteiger partial charge is 0.306 e. The number of carbonyl (C=O) groups is 2. The minimum absolute atomic E-state index is 0.0169. The van der Waals surface area contributed by atoms with Crippen molar-refractivity contribution in [2.75, 3.05) is 0 Å². The molecule has 0 aromatic heterocycles. The van der Waals surface area contributed by atoms with E-state index in [1.165, 1.54) is 0 Å². The standard InChI is InChI=1S/C8H14O3/c1-6(5-9)3-4-7(2)8(10)11/h5-7H,3-4H2,1-2H3,(H,10,11). The molecule has 0 heterocycles. The molecule has 2 unspecified atom stereocenters. The number of carboxylic acids is 1. The lowest BCUT2D eigenvalue weighted by Crippen LogP contribution is -2.10. The van der Waals surface area contributed by atoms with Gasteiger partial charge in [0.1, 0.15) is 6.29 Å². The highest BCUT2D eigenvalue weighted by molar-refractivity contribution is 5.69. The molecule has 0 rings (SSSR count). The normalized spacial score (nSPS) is 15.5. The zero-order valence-electron chi connectivity index (χ0n) is 6.91. The van der Waals surface area contributed by atoms with E-state index in [0.717, 1.165) is 6.29 Å². The van der Waals surface area contributed by atoms with E-state index >= 15 is 0 Å². The van der Waals surface area contributed by atoms with E-state index in [-0.39, 0.29) is 11.8 Å². The van der Waals surface area contributed by atoms with Gasteiger partial charge in [0.25, 0.3) is 0 Å². The van der Waals surface area contributed by atoms with Gasteiger partial charge in [-0.25, -0.2) is 0 Å². The van der Waals surface area contributed by atoms with Crippen LogP contribution >= 0.6 is 0 Å². The van der Waals surface area contributed by atoms with Gasteiger partial charge in [-0.3, -0.25) is 4.79 Å². The largest absolute Gasteiger partial charge is 0.481 e. The van der Waals surface area contributed by atoms with Crippen LogP contribution < -0.4 is 0 Å². The van der Waals surface area contributed by atoms with Gasteiger partial charge in [0, 0.05) is 5.92 Å². The molecule has 3 nitrogen and oxygen atoms in total. The van der Waals surface area contributed by atoms with Crippen LogP contribution in [0.4, 0.5) is 0 Å². The Morgan fingerprint density at radius 2 is 2.00 bits per heavy atom. The molecule has 2 atom stereocenters. The first kappa shape index (κ1) is 10.1. The zero-order valence-corrected chi connectivity index (χ0v) is 6.91. The molecule has 0 saturated heterocycles. The van der Waals surface area contributed by atoms with Crippen molar-refractivity contribution in [3.05, 3.63) is 0 Å².